The minimum absolute atomic E-state index is 0.601. The molecule has 0 aliphatic heterocycles. The minimum atomic E-state index is 0.601. The summed E-state index contributed by atoms with van der Waals surface area (Å²) in [6.07, 6.45) is 0. The summed E-state index contributed by atoms with van der Waals surface area (Å²) >= 11 is 0. The van der Waals surface area contributed by atoms with Crippen molar-refractivity contribution >= 4 is 5.69 Å². The molecule has 3 heteroatoms. The van der Waals surface area contributed by atoms with Gasteiger partial charge in [0.2, 0.25) is 0 Å². The molecule has 1 aromatic rings. The lowest BCUT2D eigenvalue weighted by Gasteiger charge is -2.28. The highest BCUT2D eigenvalue weighted by Gasteiger charge is 2.11. The van der Waals surface area contributed by atoms with Gasteiger partial charge < -0.3 is 15.4 Å². The van der Waals surface area contributed by atoms with Crippen LogP contribution in [0.1, 0.15) is 25.0 Å². The fraction of sp³-hybridized carbons (Fsp3) is 0.600. The molecule has 0 bridgehead atoms. The van der Waals surface area contributed by atoms with E-state index in [1.54, 1.807) is 7.11 Å². The van der Waals surface area contributed by atoms with Crippen LogP contribution in [0.25, 0.3) is 0 Å². The smallest absolute Gasteiger partial charge is 0.0637 e. The Labute approximate surface area is 111 Å². The maximum Gasteiger partial charge on any atom is 0.0637 e. The molecule has 0 radical (unpaired) electrons. The molecule has 18 heavy (non-hydrogen) atoms. The van der Waals surface area contributed by atoms with Crippen molar-refractivity contribution in [3.05, 3.63) is 29.3 Å². The number of hydrogen-bond donors (Lipinski definition) is 1. The van der Waals surface area contributed by atoms with Gasteiger partial charge in [0, 0.05) is 32.4 Å². The first-order valence-electron chi connectivity index (χ1n) is 6.62. The number of aryl methyl sites for hydroxylation is 1. The van der Waals surface area contributed by atoms with Gasteiger partial charge in [0.05, 0.1) is 6.61 Å². The van der Waals surface area contributed by atoms with E-state index in [1.807, 2.05) is 0 Å². The van der Waals surface area contributed by atoms with E-state index in [-0.39, 0.29) is 0 Å². The first-order chi connectivity index (χ1) is 8.58. The largest absolute Gasteiger partial charge is 0.383 e. The average molecular weight is 250 g/mol. The van der Waals surface area contributed by atoms with Gasteiger partial charge >= 0.3 is 0 Å². The lowest BCUT2D eigenvalue weighted by Crippen LogP contribution is -2.31. The molecule has 0 saturated carbocycles. The van der Waals surface area contributed by atoms with E-state index < -0.39 is 0 Å². The van der Waals surface area contributed by atoms with Gasteiger partial charge in [-0.25, -0.2) is 0 Å². The Hall–Kier alpha value is -1.06. The molecule has 0 heterocycles. The van der Waals surface area contributed by atoms with E-state index in [9.17, 15) is 0 Å². The zero-order valence-electron chi connectivity index (χ0n) is 12.1. The van der Waals surface area contributed by atoms with Crippen molar-refractivity contribution in [2.45, 2.75) is 27.3 Å². The topological polar surface area (TPSA) is 38.5 Å². The van der Waals surface area contributed by atoms with Crippen LogP contribution in [0, 0.1) is 12.8 Å². The molecule has 0 aliphatic rings. The highest BCUT2D eigenvalue weighted by atomic mass is 16.5. The summed E-state index contributed by atoms with van der Waals surface area (Å²) in [6.45, 7) is 9.96. The predicted octanol–water partition coefficient (Wildman–Crippen LogP) is 2.56. The molecule has 2 N–H and O–H groups in total. The third-order valence-corrected chi connectivity index (χ3v) is 2.99. The first-order valence-corrected chi connectivity index (χ1v) is 6.62. The van der Waals surface area contributed by atoms with Crippen molar-refractivity contribution in [3.8, 4) is 0 Å². The van der Waals surface area contributed by atoms with Crippen LogP contribution in [0.4, 0.5) is 5.69 Å². The summed E-state index contributed by atoms with van der Waals surface area (Å²) in [5, 5.41) is 0. The maximum absolute atomic E-state index is 5.67. The Morgan fingerprint density at radius 2 is 2.06 bits per heavy atom. The number of benzene rings is 1. The van der Waals surface area contributed by atoms with Crippen LogP contribution in [0.5, 0.6) is 0 Å². The molecule has 0 spiro atoms. The van der Waals surface area contributed by atoms with Gasteiger partial charge in [0.15, 0.2) is 0 Å². The number of nitrogens with zero attached hydrogens (tertiary/aromatic N) is 1. The van der Waals surface area contributed by atoms with Crippen molar-refractivity contribution in [2.75, 3.05) is 31.7 Å². The van der Waals surface area contributed by atoms with Crippen LogP contribution < -0.4 is 10.6 Å². The highest BCUT2D eigenvalue weighted by molar-refractivity contribution is 5.54. The van der Waals surface area contributed by atoms with E-state index in [0.717, 1.165) is 19.7 Å². The monoisotopic (exact) mass is 250 g/mol. The quantitative estimate of drug-likeness (QED) is 0.808. The number of methoxy groups -OCH3 is 1. The third kappa shape index (κ3) is 4.31. The molecule has 0 unspecified atom stereocenters. The lowest BCUT2D eigenvalue weighted by molar-refractivity contribution is 0.204. The Bertz CT molecular complexity index is 364. The molecule has 0 aliphatic carbocycles. The minimum Gasteiger partial charge on any atom is -0.383 e. The number of hydrogen-bond acceptors (Lipinski definition) is 3. The predicted molar refractivity (Wildman–Crippen MR) is 78.0 cm³/mol. The summed E-state index contributed by atoms with van der Waals surface area (Å²) in [5.74, 6) is 0.635. The SMILES string of the molecule is COCCN(CC(C)C)c1ccc(CN)cc1C. The molecule has 0 amide bonds. The molecule has 3 nitrogen and oxygen atoms in total. The summed E-state index contributed by atoms with van der Waals surface area (Å²) in [6, 6.07) is 6.47. The zero-order chi connectivity index (χ0) is 13.5. The van der Waals surface area contributed by atoms with Crippen molar-refractivity contribution in [2.24, 2.45) is 11.7 Å². The van der Waals surface area contributed by atoms with E-state index in [2.05, 4.69) is 43.9 Å². The van der Waals surface area contributed by atoms with Gasteiger partial charge in [-0.3, -0.25) is 0 Å². The molecule has 0 fully saturated rings. The summed E-state index contributed by atoms with van der Waals surface area (Å²) in [7, 11) is 1.75. The van der Waals surface area contributed by atoms with E-state index in [4.69, 9.17) is 10.5 Å². The van der Waals surface area contributed by atoms with Gasteiger partial charge in [0.25, 0.3) is 0 Å². The van der Waals surface area contributed by atoms with E-state index in [1.165, 1.54) is 16.8 Å². The summed E-state index contributed by atoms with van der Waals surface area (Å²) in [5.41, 5.74) is 9.44. The van der Waals surface area contributed by atoms with Crippen molar-refractivity contribution in [1.29, 1.82) is 0 Å². The number of anilines is 1. The number of ether oxygens (including phenoxy) is 1. The van der Waals surface area contributed by atoms with Crippen LogP contribution in [0.3, 0.4) is 0 Å². The fourth-order valence-electron chi connectivity index (χ4n) is 2.15. The van der Waals surface area contributed by atoms with Crippen molar-refractivity contribution in [3.63, 3.8) is 0 Å². The zero-order valence-corrected chi connectivity index (χ0v) is 12.1. The third-order valence-electron chi connectivity index (χ3n) is 2.99. The number of rotatable bonds is 7. The van der Waals surface area contributed by atoms with Gasteiger partial charge in [-0.05, 0) is 30.0 Å². The summed E-state index contributed by atoms with van der Waals surface area (Å²) in [4.78, 5) is 2.39. The lowest BCUT2D eigenvalue weighted by atomic mass is 10.1. The molecule has 0 atom stereocenters. The molecule has 102 valence electrons. The molecular weight excluding hydrogens is 224 g/mol. The van der Waals surface area contributed by atoms with Crippen LogP contribution in [-0.2, 0) is 11.3 Å². The van der Waals surface area contributed by atoms with E-state index in [0.29, 0.717) is 12.5 Å². The van der Waals surface area contributed by atoms with Crippen LogP contribution in [0.2, 0.25) is 0 Å². The average Bonchev–Trinajstić information content (AvgIpc) is 2.34. The Morgan fingerprint density at radius 3 is 2.56 bits per heavy atom. The first kappa shape index (κ1) is 15.0. The molecule has 0 aromatic heterocycles. The van der Waals surface area contributed by atoms with Crippen molar-refractivity contribution < 1.29 is 4.74 Å². The molecule has 1 rings (SSSR count). The van der Waals surface area contributed by atoms with Crippen LogP contribution in [0.15, 0.2) is 18.2 Å². The van der Waals surface area contributed by atoms with Crippen molar-refractivity contribution in [1.82, 2.24) is 0 Å². The fourth-order valence-corrected chi connectivity index (χ4v) is 2.15. The second-order valence-corrected chi connectivity index (χ2v) is 5.16. The highest BCUT2D eigenvalue weighted by Crippen LogP contribution is 2.22. The van der Waals surface area contributed by atoms with Gasteiger partial charge in [-0.15, -0.1) is 0 Å². The molecule has 0 saturated heterocycles. The van der Waals surface area contributed by atoms with Gasteiger partial charge in [0.1, 0.15) is 0 Å². The maximum atomic E-state index is 5.67. The Kier molecular flexibility index (Phi) is 6.16. The second-order valence-electron chi connectivity index (χ2n) is 5.16. The Morgan fingerprint density at radius 1 is 1.33 bits per heavy atom. The number of nitrogens with two attached hydrogens (primary N) is 1. The summed E-state index contributed by atoms with van der Waals surface area (Å²) < 4.78 is 5.20. The van der Waals surface area contributed by atoms with Gasteiger partial charge in [-0.2, -0.15) is 0 Å². The van der Waals surface area contributed by atoms with Crippen LogP contribution in [-0.4, -0.2) is 26.8 Å². The molecule has 1 aromatic carbocycles. The van der Waals surface area contributed by atoms with E-state index >= 15 is 0 Å². The standard InChI is InChI=1S/C15H26N2O/c1-12(2)11-17(7-8-18-4)15-6-5-14(10-16)9-13(15)3/h5-6,9,12H,7-8,10-11,16H2,1-4H3. The normalized spacial score (nSPS) is 11.0. The van der Waals surface area contributed by atoms with Crippen LogP contribution >= 0.6 is 0 Å². The Balaban J connectivity index is 2.89. The van der Waals surface area contributed by atoms with Gasteiger partial charge in [-0.1, -0.05) is 26.0 Å². The second kappa shape index (κ2) is 7.39. The molecular formula is C15H26N2O.